The molecule has 2 aromatic rings. The third-order valence-corrected chi connectivity index (χ3v) is 5.74. The van der Waals surface area contributed by atoms with Crippen molar-refractivity contribution in [3.05, 3.63) is 58.1 Å². The summed E-state index contributed by atoms with van der Waals surface area (Å²) in [6.45, 7) is 3.90. The summed E-state index contributed by atoms with van der Waals surface area (Å²) in [5.41, 5.74) is 5.52. The van der Waals surface area contributed by atoms with Crippen molar-refractivity contribution < 1.29 is 4.74 Å². The highest BCUT2D eigenvalue weighted by Crippen LogP contribution is 2.40. The second-order valence-corrected chi connectivity index (χ2v) is 7.99. The molecule has 0 atom stereocenters. The molecule has 0 saturated heterocycles. The molecule has 0 spiro atoms. The number of benzene rings is 1. The van der Waals surface area contributed by atoms with Gasteiger partial charge in [0.25, 0.3) is 0 Å². The largest absolute Gasteiger partial charge is 0.490 e. The quantitative estimate of drug-likeness (QED) is 0.689. The van der Waals surface area contributed by atoms with Crippen LogP contribution in [-0.4, -0.2) is 16.3 Å². The molecule has 0 unspecified atom stereocenters. The Morgan fingerprint density at radius 2 is 2.04 bits per heavy atom. The van der Waals surface area contributed by atoms with E-state index in [9.17, 15) is 5.26 Å². The SMILES string of the molecule is CC(C)Oc1ccc(-c2nnc(C3=C4CCCC4=CCC=C3)s2)cc1C#N. The molecule has 0 bridgehead atoms. The molecular formula is C22H21N3OS. The van der Waals surface area contributed by atoms with Crippen molar-refractivity contribution in [3.8, 4) is 22.4 Å². The Morgan fingerprint density at radius 3 is 2.85 bits per heavy atom. The monoisotopic (exact) mass is 375 g/mol. The molecule has 0 radical (unpaired) electrons. The van der Waals surface area contributed by atoms with Gasteiger partial charge in [-0.05, 0) is 68.9 Å². The highest BCUT2D eigenvalue weighted by Gasteiger charge is 2.21. The summed E-state index contributed by atoms with van der Waals surface area (Å²) >= 11 is 1.58. The van der Waals surface area contributed by atoms with Gasteiger partial charge in [0.15, 0.2) is 0 Å². The number of nitrogens with zero attached hydrogens (tertiary/aromatic N) is 3. The third kappa shape index (κ3) is 3.58. The minimum Gasteiger partial charge on any atom is -0.490 e. The van der Waals surface area contributed by atoms with Gasteiger partial charge in [-0.1, -0.05) is 29.6 Å². The van der Waals surface area contributed by atoms with Gasteiger partial charge in [0, 0.05) is 11.1 Å². The first-order chi connectivity index (χ1) is 13.2. The van der Waals surface area contributed by atoms with E-state index in [0.29, 0.717) is 11.3 Å². The van der Waals surface area contributed by atoms with E-state index in [4.69, 9.17) is 4.74 Å². The molecule has 4 nitrogen and oxygen atoms in total. The molecule has 4 rings (SSSR count). The van der Waals surface area contributed by atoms with Gasteiger partial charge in [-0.2, -0.15) is 5.26 Å². The normalized spacial score (nSPS) is 16.1. The van der Waals surface area contributed by atoms with Crippen LogP contribution in [0.1, 0.15) is 50.1 Å². The number of fused-ring (bicyclic) bond motifs is 1. The number of ether oxygens (including phenoxy) is 1. The van der Waals surface area contributed by atoms with E-state index in [0.717, 1.165) is 34.8 Å². The van der Waals surface area contributed by atoms with Gasteiger partial charge in [-0.3, -0.25) is 0 Å². The van der Waals surface area contributed by atoms with Gasteiger partial charge in [-0.15, -0.1) is 10.2 Å². The lowest BCUT2D eigenvalue weighted by Crippen LogP contribution is -2.06. The molecule has 1 aromatic heterocycles. The fourth-order valence-corrected chi connectivity index (χ4v) is 4.45. The Morgan fingerprint density at radius 1 is 1.19 bits per heavy atom. The Balaban J connectivity index is 1.69. The molecule has 1 fully saturated rings. The standard InChI is InChI=1S/C22H21N3OS/c1-14(2)26-20-11-10-16(12-17(20)13-23)21-24-25-22(27-21)19-8-4-3-6-15-7-5-9-18(15)19/h4,6,8,10-12,14H,3,5,7,9H2,1-2H3. The van der Waals surface area contributed by atoms with Crippen molar-refractivity contribution >= 4 is 16.9 Å². The van der Waals surface area contributed by atoms with Crippen molar-refractivity contribution in [3.63, 3.8) is 0 Å². The lowest BCUT2D eigenvalue weighted by molar-refractivity contribution is 0.242. The van der Waals surface area contributed by atoms with Crippen LogP contribution in [0, 0.1) is 11.3 Å². The van der Waals surface area contributed by atoms with Gasteiger partial charge in [0.2, 0.25) is 0 Å². The molecular weight excluding hydrogens is 354 g/mol. The maximum absolute atomic E-state index is 9.46. The van der Waals surface area contributed by atoms with Crippen LogP contribution in [0.25, 0.3) is 16.1 Å². The van der Waals surface area contributed by atoms with E-state index in [1.54, 1.807) is 11.3 Å². The van der Waals surface area contributed by atoms with Gasteiger partial charge in [0.1, 0.15) is 21.8 Å². The lowest BCUT2D eigenvalue weighted by Gasteiger charge is -2.11. The molecule has 136 valence electrons. The van der Waals surface area contributed by atoms with Gasteiger partial charge >= 0.3 is 0 Å². The zero-order valence-electron chi connectivity index (χ0n) is 15.5. The molecule has 0 amide bonds. The third-order valence-electron chi connectivity index (χ3n) is 4.74. The van der Waals surface area contributed by atoms with Crippen molar-refractivity contribution in [2.45, 2.75) is 45.6 Å². The van der Waals surface area contributed by atoms with Crippen LogP contribution in [0.3, 0.4) is 0 Å². The summed E-state index contributed by atoms with van der Waals surface area (Å²) < 4.78 is 5.71. The Bertz CT molecular complexity index is 1000. The first kappa shape index (κ1) is 17.7. The molecule has 1 aromatic carbocycles. The Labute approximate surface area is 163 Å². The van der Waals surface area contributed by atoms with E-state index in [2.05, 4.69) is 34.5 Å². The van der Waals surface area contributed by atoms with E-state index in [-0.39, 0.29) is 6.10 Å². The molecule has 2 aliphatic rings. The van der Waals surface area contributed by atoms with E-state index >= 15 is 0 Å². The van der Waals surface area contributed by atoms with Crippen molar-refractivity contribution in [1.29, 1.82) is 5.26 Å². The first-order valence-electron chi connectivity index (χ1n) is 9.30. The second-order valence-electron chi connectivity index (χ2n) is 7.01. The zero-order valence-corrected chi connectivity index (χ0v) is 16.3. The van der Waals surface area contributed by atoms with Crippen LogP contribution in [0.5, 0.6) is 5.75 Å². The van der Waals surface area contributed by atoms with Crippen molar-refractivity contribution in [1.82, 2.24) is 10.2 Å². The van der Waals surface area contributed by atoms with Crippen LogP contribution in [0.2, 0.25) is 0 Å². The molecule has 1 saturated carbocycles. The number of rotatable bonds is 4. The molecule has 27 heavy (non-hydrogen) atoms. The molecule has 1 heterocycles. The number of hydrogen-bond donors (Lipinski definition) is 0. The van der Waals surface area contributed by atoms with Crippen LogP contribution in [0.15, 0.2) is 47.6 Å². The van der Waals surface area contributed by atoms with Gasteiger partial charge in [0.05, 0.1) is 11.7 Å². The summed E-state index contributed by atoms with van der Waals surface area (Å²) in [5, 5.41) is 20.1. The van der Waals surface area contributed by atoms with Gasteiger partial charge in [-0.25, -0.2) is 0 Å². The number of nitriles is 1. The highest BCUT2D eigenvalue weighted by atomic mass is 32.1. The maximum Gasteiger partial charge on any atom is 0.148 e. The van der Waals surface area contributed by atoms with Crippen LogP contribution in [0.4, 0.5) is 0 Å². The Kier molecular flexibility index (Phi) is 4.91. The fraction of sp³-hybridized carbons (Fsp3) is 0.318. The zero-order chi connectivity index (χ0) is 18.8. The minimum atomic E-state index is 0.0280. The van der Waals surface area contributed by atoms with E-state index in [1.807, 2.05) is 32.0 Å². The summed E-state index contributed by atoms with van der Waals surface area (Å²) in [5.74, 6) is 0.610. The van der Waals surface area contributed by atoms with E-state index in [1.165, 1.54) is 23.1 Å². The summed E-state index contributed by atoms with van der Waals surface area (Å²) in [6.07, 6.45) is 11.2. The number of hydrogen-bond acceptors (Lipinski definition) is 5. The van der Waals surface area contributed by atoms with Crippen molar-refractivity contribution in [2.24, 2.45) is 0 Å². The van der Waals surface area contributed by atoms with Crippen molar-refractivity contribution in [2.75, 3.05) is 0 Å². The molecule has 2 aliphatic carbocycles. The van der Waals surface area contributed by atoms with Crippen LogP contribution in [-0.2, 0) is 0 Å². The topological polar surface area (TPSA) is 58.8 Å². The fourth-order valence-electron chi connectivity index (χ4n) is 3.55. The summed E-state index contributed by atoms with van der Waals surface area (Å²) in [4.78, 5) is 0. The molecule has 0 aliphatic heterocycles. The Hall–Kier alpha value is -2.71. The number of allylic oxidation sites excluding steroid dienone is 6. The summed E-state index contributed by atoms with van der Waals surface area (Å²) in [6, 6.07) is 7.86. The summed E-state index contributed by atoms with van der Waals surface area (Å²) in [7, 11) is 0. The predicted octanol–water partition coefficient (Wildman–Crippen LogP) is 5.69. The maximum atomic E-state index is 9.46. The molecule has 0 N–H and O–H groups in total. The van der Waals surface area contributed by atoms with Crippen LogP contribution >= 0.6 is 11.3 Å². The lowest BCUT2D eigenvalue weighted by atomic mass is 10.0. The average molecular weight is 375 g/mol. The number of aromatic nitrogens is 2. The van der Waals surface area contributed by atoms with Gasteiger partial charge < -0.3 is 4.74 Å². The smallest absolute Gasteiger partial charge is 0.148 e. The second kappa shape index (κ2) is 7.50. The van der Waals surface area contributed by atoms with E-state index < -0.39 is 0 Å². The molecule has 5 heteroatoms. The van der Waals surface area contributed by atoms with Crippen LogP contribution < -0.4 is 4.74 Å². The average Bonchev–Trinajstić information content (AvgIpc) is 3.28. The first-order valence-corrected chi connectivity index (χ1v) is 10.1. The predicted molar refractivity (Wildman–Crippen MR) is 108 cm³/mol. The highest BCUT2D eigenvalue weighted by molar-refractivity contribution is 7.15. The minimum absolute atomic E-state index is 0.0280.